The van der Waals surface area contributed by atoms with Gasteiger partial charge >= 0.3 is 6.18 Å². The predicted octanol–water partition coefficient (Wildman–Crippen LogP) is 4.63. The van der Waals surface area contributed by atoms with Crippen LogP contribution in [0.5, 0.6) is 0 Å². The highest BCUT2D eigenvalue weighted by atomic mass is 19.4. The van der Waals surface area contributed by atoms with E-state index in [0.717, 1.165) is 30.5 Å². The summed E-state index contributed by atoms with van der Waals surface area (Å²) < 4.78 is 37.2. The molecule has 1 rings (SSSR count). The van der Waals surface area contributed by atoms with Gasteiger partial charge in [0.2, 0.25) is 0 Å². The molecule has 0 fully saturated rings. The van der Waals surface area contributed by atoms with Crippen LogP contribution >= 0.6 is 0 Å². The Kier molecular flexibility index (Phi) is 6.35. The van der Waals surface area contributed by atoms with E-state index in [1.54, 1.807) is 0 Å². The minimum Gasteiger partial charge on any atom is -0.310 e. The van der Waals surface area contributed by atoms with Crippen LogP contribution in [0.25, 0.3) is 0 Å². The maximum absolute atomic E-state index is 12.4. The van der Waals surface area contributed by atoms with Gasteiger partial charge in [-0.3, -0.25) is 0 Å². The largest absolute Gasteiger partial charge is 0.389 e. The van der Waals surface area contributed by atoms with Gasteiger partial charge in [0, 0.05) is 12.5 Å². The lowest BCUT2D eigenvalue weighted by atomic mass is 9.95. The van der Waals surface area contributed by atoms with Crippen LogP contribution in [-0.2, 0) is 6.42 Å². The van der Waals surface area contributed by atoms with Crippen LogP contribution in [0, 0.1) is 0 Å². The predicted molar refractivity (Wildman–Crippen MR) is 72.1 cm³/mol. The third-order valence-electron chi connectivity index (χ3n) is 3.17. The van der Waals surface area contributed by atoms with Crippen molar-refractivity contribution in [2.45, 2.75) is 51.7 Å². The second-order valence-electron chi connectivity index (χ2n) is 4.71. The molecule has 0 aliphatic rings. The Morgan fingerprint density at radius 2 is 1.84 bits per heavy atom. The summed E-state index contributed by atoms with van der Waals surface area (Å²) in [6, 6.07) is 7.54. The molecular formula is C15H22F3N. The third kappa shape index (κ3) is 5.64. The summed E-state index contributed by atoms with van der Waals surface area (Å²) >= 11 is 0. The standard InChI is InChI=1S/C15H22F3N/c1-3-11-19-14(9-10-15(16,17)18)13-8-6-5-7-12(13)4-2/h5-8,14,19H,3-4,9-11H2,1-2H3. The van der Waals surface area contributed by atoms with Gasteiger partial charge in [-0.25, -0.2) is 0 Å². The fourth-order valence-electron chi connectivity index (χ4n) is 2.19. The zero-order chi connectivity index (χ0) is 14.3. The van der Waals surface area contributed by atoms with Crippen molar-refractivity contribution in [3.63, 3.8) is 0 Å². The summed E-state index contributed by atoms with van der Waals surface area (Å²) in [5, 5.41) is 3.23. The minimum absolute atomic E-state index is 0.0977. The lowest BCUT2D eigenvalue weighted by Crippen LogP contribution is -2.25. The van der Waals surface area contributed by atoms with Gasteiger partial charge in [-0.05, 0) is 36.9 Å². The number of aryl methyl sites for hydroxylation is 1. The molecule has 1 N–H and O–H groups in total. The summed E-state index contributed by atoms with van der Waals surface area (Å²) in [6.07, 6.45) is -2.98. The van der Waals surface area contributed by atoms with Crippen LogP contribution < -0.4 is 5.32 Å². The summed E-state index contributed by atoms with van der Waals surface area (Å²) in [7, 11) is 0. The number of hydrogen-bond donors (Lipinski definition) is 1. The molecule has 1 aromatic rings. The van der Waals surface area contributed by atoms with Crippen LogP contribution in [0.1, 0.15) is 50.3 Å². The van der Waals surface area contributed by atoms with E-state index >= 15 is 0 Å². The molecule has 1 nitrogen and oxygen atoms in total. The molecule has 1 unspecified atom stereocenters. The quantitative estimate of drug-likeness (QED) is 0.763. The van der Waals surface area contributed by atoms with Crippen molar-refractivity contribution in [2.75, 3.05) is 6.54 Å². The topological polar surface area (TPSA) is 12.0 Å². The molecule has 19 heavy (non-hydrogen) atoms. The molecule has 0 aliphatic carbocycles. The first-order valence-corrected chi connectivity index (χ1v) is 6.85. The molecule has 108 valence electrons. The molecule has 1 atom stereocenters. The van der Waals surface area contributed by atoms with Crippen molar-refractivity contribution in [1.82, 2.24) is 5.32 Å². The average molecular weight is 273 g/mol. The Morgan fingerprint density at radius 1 is 1.16 bits per heavy atom. The summed E-state index contributed by atoms with van der Waals surface area (Å²) in [6.45, 7) is 4.78. The monoisotopic (exact) mass is 273 g/mol. The van der Waals surface area contributed by atoms with Gasteiger partial charge in [0.05, 0.1) is 0 Å². The van der Waals surface area contributed by atoms with E-state index in [4.69, 9.17) is 0 Å². The van der Waals surface area contributed by atoms with Crippen LogP contribution in [0.3, 0.4) is 0 Å². The van der Waals surface area contributed by atoms with E-state index in [-0.39, 0.29) is 12.5 Å². The van der Waals surface area contributed by atoms with Gasteiger partial charge in [-0.15, -0.1) is 0 Å². The molecule has 1 aromatic carbocycles. The van der Waals surface area contributed by atoms with Crippen molar-refractivity contribution in [1.29, 1.82) is 0 Å². The van der Waals surface area contributed by atoms with E-state index in [1.807, 2.05) is 38.1 Å². The second kappa shape index (κ2) is 7.53. The molecule has 0 bridgehead atoms. The van der Waals surface area contributed by atoms with E-state index in [9.17, 15) is 13.2 Å². The zero-order valence-electron chi connectivity index (χ0n) is 11.6. The first-order valence-electron chi connectivity index (χ1n) is 6.85. The maximum Gasteiger partial charge on any atom is 0.389 e. The molecule has 0 aromatic heterocycles. The van der Waals surface area contributed by atoms with Crippen molar-refractivity contribution >= 4 is 0 Å². The second-order valence-corrected chi connectivity index (χ2v) is 4.71. The van der Waals surface area contributed by atoms with Crippen LogP contribution in [0.4, 0.5) is 13.2 Å². The first-order chi connectivity index (χ1) is 8.98. The fourth-order valence-corrected chi connectivity index (χ4v) is 2.19. The first kappa shape index (κ1) is 16.0. The number of rotatable bonds is 7. The Morgan fingerprint density at radius 3 is 2.42 bits per heavy atom. The number of halogens is 3. The average Bonchev–Trinajstić information content (AvgIpc) is 2.38. The Balaban J connectivity index is 2.82. The maximum atomic E-state index is 12.4. The number of alkyl halides is 3. The van der Waals surface area contributed by atoms with Gasteiger partial charge < -0.3 is 5.32 Å². The summed E-state index contributed by atoms with van der Waals surface area (Å²) in [4.78, 5) is 0. The molecular weight excluding hydrogens is 251 g/mol. The lowest BCUT2D eigenvalue weighted by molar-refractivity contribution is -0.136. The van der Waals surface area contributed by atoms with Gasteiger partial charge in [-0.2, -0.15) is 13.2 Å². The molecule has 0 spiro atoms. The third-order valence-corrected chi connectivity index (χ3v) is 3.17. The molecule has 0 amide bonds. The summed E-state index contributed by atoms with van der Waals surface area (Å²) in [5.74, 6) is 0. The lowest BCUT2D eigenvalue weighted by Gasteiger charge is -2.22. The molecule has 0 radical (unpaired) electrons. The highest BCUT2D eigenvalue weighted by Crippen LogP contribution is 2.29. The van der Waals surface area contributed by atoms with Crippen LogP contribution in [0.15, 0.2) is 24.3 Å². The van der Waals surface area contributed by atoms with Gasteiger partial charge in [0.1, 0.15) is 0 Å². The summed E-state index contributed by atoms with van der Waals surface area (Å²) in [5.41, 5.74) is 2.13. The van der Waals surface area contributed by atoms with Crippen molar-refractivity contribution < 1.29 is 13.2 Å². The Bertz CT molecular complexity index is 374. The van der Waals surface area contributed by atoms with E-state index in [2.05, 4.69) is 5.32 Å². The fraction of sp³-hybridized carbons (Fsp3) is 0.600. The molecule has 0 saturated heterocycles. The van der Waals surface area contributed by atoms with Gasteiger partial charge in [0.15, 0.2) is 0 Å². The highest BCUT2D eigenvalue weighted by molar-refractivity contribution is 5.30. The van der Waals surface area contributed by atoms with Crippen molar-refractivity contribution in [2.24, 2.45) is 0 Å². The smallest absolute Gasteiger partial charge is 0.310 e. The molecule has 0 aliphatic heterocycles. The zero-order valence-corrected chi connectivity index (χ0v) is 11.6. The molecule has 4 heteroatoms. The van der Waals surface area contributed by atoms with Crippen LogP contribution in [-0.4, -0.2) is 12.7 Å². The number of benzene rings is 1. The number of nitrogens with one attached hydrogen (secondary N) is 1. The Labute approximate surface area is 113 Å². The normalized spacial score (nSPS) is 13.5. The molecule has 0 saturated carbocycles. The number of hydrogen-bond acceptors (Lipinski definition) is 1. The highest BCUT2D eigenvalue weighted by Gasteiger charge is 2.29. The van der Waals surface area contributed by atoms with E-state index in [1.165, 1.54) is 0 Å². The van der Waals surface area contributed by atoms with Crippen molar-refractivity contribution in [3.8, 4) is 0 Å². The van der Waals surface area contributed by atoms with Gasteiger partial charge in [0.25, 0.3) is 0 Å². The van der Waals surface area contributed by atoms with Gasteiger partial charge in [-0.1, -0.05) is 38.1 Å². The SMILES string of the molecule is CCCNC(CCC(F)(F)F)c1ccccc1CC. The minimum atomic E-state index is -4.09. The van der Waals surface area contributed by atoms with Crippen LogP contribution in [0.2, 0.25) is 0 Å². The molecule has 0 heterocycles. The van der Waals surface area contributed by atoms with E-state index in [0.29, 0.717) is 0 Å². The van der Waals surface area contributed by atoms with Crippen molar-refractivity contribution in [3.05, 3.63) is 35.4 Å². The Hall–Kier alpha value is -1.03. The van der Waals surface area contributed by atoms with E-state index < -0.39 is 12.6 Å².